The predicted octanol–water partition coefficient (Wildman–Crippen LogP) is 2.46. The van der Waals surface area contributed by atoms with Gasteiger partial charge in [0.05, 0.1) is 30.2 Å². The van der Waals surface area contributed by atoms with Crippen molar-refractivity contribution in [1.29, 1.82) is 0 Å². The first-order chi connectivity index (χ1) is 17.4. The van der Waals surface area contributed by atoms with Crippen molar-refractivity contribution in [3.63, 3.8) is 0 Å². The number of piperidine rings is 1. The average Bonchev–Trinajstić information content (AvgIpc) is 2.91. The van der Waals surface area contributed by atoms with Crippen LogP contribution < -0.4 is 9.64 Å². The van der Waals surface area contributed by atoms with Gasteiger partial charge in [0.15, 0.2) is 5.52 Å². The Balaban J connectivity index is 0.00000320. The molecule has 37 heavy (non-hydrogen) atoms. The number of ether oxygens (including phenoxy) is 3. The highest BCUT2D eigenvalue weighted by Crippen LogP contribution is 2.29. The van der Waals surface area contributed by atoms with Crippen molar-refractivity contribution in [2.45, 2.75) is 25.0 Å². The number of rotatable bonds is 7. The van der Waals surface area contributed by atoms with Crippen molar-refractivity contribution in [1.82, 2.24) is 19.3 Å². The topological polar surface area (TPSA) is 107 Å². The molecular weight excluding hydrogens is 514 g/mol. The molecule has 0 aliphatic carbocycles. The first kappa shape index (κ1) is 27.5. The number of pyridine rings is 1. The van der Waals surface area contributed by atoms with Gasteiger partial charge >= 0.3 is 0 Å². The van der Waals surface area contributed by atoms with Gasteiger partial charge in [-0.1, -0.05) is 12.1 Å². The van der Waals surface area contributed by atoms with Gasteiger partial charge in [-0.15, -0.1) is 0 Å². The van der Waals surface area contributed by atoms with Crippen LogP contribution in [0, 0.1) is 0 Å². The smallest absolute Gasteiger partial charge is 0.242 e. The van der Waals surface area contributed by atoms with Gasteiger partial charge in [-0.25, -0.2) is 18.4 Å². The summed E-state index contributed by atoms with van der Waals surface area (Å²) in [5.41, 5.74) is 4.07. The Bertz CT molecular complexity index is 1300. The van der Waals surface area contributed by atoms with E-state index in [0.717, 1.165) is 37.2 Å². The van der Waals surface area contributed by atoms with E-state index < -0.39 is 16.1 Å². The first-order valence-corrected chi connectivity index (χ1v) is 13.9. The highest BCUT2D eigenvalue weighted by molar-refractivity contribution is 7.88. The van der Waals surface area contributed by atoms with Crippen molar-refractivity contribution in [3.05, 3.63) is 42.7 Å². The van der Waals surface area contributed by atoms with Crippen LogP contribution in [0.4, 0.5) is 5.69 Å². The lowest BCUT2D eigenvalue weighted by Gasteiger charge is -2.33. The van der Waals surface area contributed by atoms with Crippen LogP contribution in [-0.2, 0) is 19.5 Å². The van der Waals surface area contributed by atoms with Gasteiger partial charge in [-0.2, -0.15) is 17.8 Å². The zero-order chi connectivity index (χ0) is 25.1. The van der Waals surface area contributed by atoms with E-state index in [2.05, 4.69) is 39.1 Å². The number of sulfonamides is 1. The number of methoxy groups -OCH3 is 1. The second-order valence-corrected chi connectivity index (χ2v) is 11.1. The largest absolute Gasteiger partial charge is 0.473 e. The zero-order valence-corrected chi connectivity index (χ0v) is 22.9. The minimum atomic E-state index is -3.29. The Kier molecular flexibility index (Phi) is 8.86. The molecule has 2 aliphatic heterocycles. The Morgan fingerprint density at radius 3 is 2.51 bits per heavy atom. The van der Waals surface area contributed by atoms with E-state index in [9.17, 15) is 8.42 Å². The minimum Gasteiger partial charge on any atom is -0.473 e. The van der Waals surface area contributed by atoms with Crippen LogP contribution in [-0.4, -0.2) is 92.6 Å². The first-order valence-electron chi connectivity index (χ1n) is 12.1. The highest BCUT2D eigenvalue weighted by Gasteiger charge is 2.27. The van der Waals surface area contributed by atoms with Crippen LogP contribution in [0.2, 0.25) is 0 Å². The van der Waals surface area contributed by atoms with Crippen LogP contribution in [0.25, 0.3) is 22.3 Å². The molecular formula is C25H33N5O5S2. The molecule has 3 aromatic rings. The lowest BCUT2D eigenvalue weighted by atomic mass is 10.1. The summed E-state index contributed by atoms with van der Waals surface area (Å²) in [6, 6.07) is 10.2. The van der Waals surface area contributed by atoms with E-state index in [1.807, 2.05) is 6.07 Å². The molecule has 0 amide bonds. The molecule has 0 spiro atoms. The molecule has 200 valence electrons. The molecule has 2 aliphatic rings. The standard InChI is InChI=1S/C25H31N5O5S.H2S/c1-33-20-7-11-29(12-8-20)19-5-3-18(4-6-19)22-15-23-24(27-10-9-26-23)25(28-22)35-17-21-16-30(13-14-34-21)36(2,31)32;/h3-6,9-10,15,20-21H,7-8,11-14,16-17H2,1-2H3;1H2/t21-;/m0./s1. The minimum absolute atomic E-state index is 0. The third-order valence-corrected chi connectivity index (χ3v) is 7.97. The monoisotopic (exact) mass is 547 g/mol. The van der Waals surface area contributed by atoms with Crippen molar-refractivity contribution in [2.24, 2.45) is 0 Å². The molecule has 0 radical (unpaired) electrons. The van der Waals surface area contributed by atoms with Crippen LogP contribution in [0.5, 0.6) is 5.88 Å². The van der Waals surface area contributed by atoms with Crippen LogP contribution in [0.1, 0.15) is 12.8 Å². The van der Waals surface area contributed by atoms with Gasteiger partial charge < -0.3 is 19.1 Å². The Labute approximate surface area is 224 Å². The summed E-state index contributed by atoms with van der Waals surface area (Å²) in [5.74, 6) is 0.349. The number of anilines is 1. The third-order valence-electron chi connectivity index (χ3n) is 6.70. The quantitative estimate of drug-likeness (QED) is 0.441. The van der Waals surface area contributed by atoms with Crippen molar-refractivity contribution in [2.75, 3.05) is 57.7 Å². The molecule has 10 nitrogen and oxygen atoms in total. The summed E-state index contributed by atoms with van der Waals surface area (Å²) >= 11 is 0. The summed E-state index contributed by atoms with van der Waals surface area (Å²) in [5, 5.41) is 0. The summed E-state index contributed by atoms with van der Waals surface area (Å²) in [6.07, 6.45) is 6.43. The van der Waals surface area contributed by atoms with Gasteiger partial charge in [-0.3, -0.25) is 4.98 Å². The average molecular weight is 548 g/mol. The molecule has 0 unspecified atom stereocenters. The van der Waals surface area contributed by atoms with Crippen molar-refractivity contribution in [3.8, 4) is 17.1 Å². The second-order valence-electron chi connectivity index (χ2n) is 9.13. The molecule has 1 aromatic carbocycles. The van der Waals surface area contributed by atoms with Gasteiger partial charge in [0.2, 0.25) is 15.9 Å². The number of aromatic nitrogens is 3. The fourth-order valence-electron chi connectivity index (χ4n) is 4.65. The molecule has 12 heteroatoms. The molecule has 0 N–H and O–H groups in total. The Morgan fingerprint density at radius 1 is 1.08 bits per heavy atom. The maximum Gasteiger partial charge on any atom is 0.242 e. The molecule has 1 atom stereocenters. The Hall–Kier alpha value is -2.51. The van der Waals surface area contributed by atoms with E-state index in [1.165, 1.54) is 16.2 Å². The van der Waals surface area contributed by atoms with E-state index >= 15 is 0 Å². The summed E-state index contributed by atoms with van der Waals surface area (Å²) in [4.78, 5) is 16.0. The molecule has 5 rings (SSSR count). The molecule has 2 fully saturated rings. The predicted molar refractivity (Wildman–Crippen MR) is 147 cm³/mol. The van der Waals surface area contributed by atoms with E-state index in [4.69, 9.17) is 19.2 Å². The molecule has 2 saturated heterocycles. The number of morpholine rings is 1. The lowest BCUT2D eigenvalue weighted by molar-refractivity contribution is -0.0252. The maximum absolute atomic E-state index is 11.9. The van der Waals surface area contributed by atoms with E-state index in [1.54, 1.807) is 19.5 Å². The van der Waals surface area contributed by atoms with Gasteiger partial charge in [-0.05, 0) is 31.0 Å². The summed E-state index contributed by atoms with van der Waals surface area (Å²) < 4.78 is 42.5. The van der Waals surface area contributed by atoms with Crippen LogP contribution >= 0.6 is 13.5 Å². The van der Waals surface area contributed by atoms with Crippen LogP contribution in [0.15, 0.2) is 42.7 Å². The fraction of sp³-hybridized carbons (Fsp3) is 0.480. The second kappa shape index (κ2) is 11.9. The normalized spacial score (nSPS) is 19.5. The number of hydrogen-bond donors (Lipinski definition) is 0. The molecule has 4 heterocycles. The fourth-order valence-corrected chi connectivity index (χ4v) is 5.49. The van der Waals surface area contributed by atoms with Gasteiger partial charge in [0, 0.05) is 56.9 Å². The van der Waals surface area contributed by atoms with Crippen LogP contribution in [0.3, 0.4) is 0 Å². The number of hydrogen-bond acceptors (Lipinski definition) is 9. The molecule has 0 bridgehead atoms. The zero-order valence-electron chi connectivity index (χ0n) is 21.0. The summed E-state index contributed by atoms with van der Waals surface area (Å²) in [7, 11) is -1.51. The molecule has 2 aromatic heterocycles. The third kappa shape index (κ3) is 6.50. The maximum atomic E-state index is 11.9. The van der Waals surface area contributed by atoms with E-state index in [-0.39, 0.29) is 26.6 Å². The number of benzene rings is 1. The van der Waals surface area contributed by atoms with Crippen molar-refractivity contribution >= 4 is 40.2 Å². The van der Waals surface area contributed by atoms with Gasteiger partial charge in [0.25, 0.3) is 0 Å². The summed E-state index contributed by atoms with van der Waals surface area (Å²) in [6.45, 7) is 3.01. The lowest BCUT2D eigenvalue weighted by Crippen LogP contribution is -2.47. The van der Waals surface area contributed by atoms with Crippen molar-refractivity contribution < 1.29 is 22.6 Å². The highest BCUT2D eigenvalue weighted by atomic mass is 32.2. The molecule has 0 saturated carbocycles. The van der Waals surface area contributed by atoms with Gasteiger partial charge in [0.1, 0.15) is 12.7 Å². The van der Waals surface area contributed by atoms with E-state index in [0.29, 0.717) is 36.2 Å². The SMILES string of the molecule is COC1CCN(c2ccc(-c3cc4nccnc4c(OC[C@@H]4CN(S(C)(=O)=O)CCO4)n3)cc2)CC1.S. The number of nitrogens with zero attached hydrogens (tertiary/aromatic N) is 5. The number of fused-ring (bicyclic) bond motifs is 1. The Morgan fingerprint density at radius 2 is 1.81 bits per heavy atom.